The summed E-state index contributed by atoms with van der Waals surface area (Å²) in [7, 11) is -3.52. The van der Waals surface area contributed by atoms with Gasteiger partial charge in [0.25, 0.3) is 10.2 Å². The molecular formula is C6H14N2O4S. The lowest BCUT2D eigenvalue weighted by Crippen LogP contribution is -2.39. The molecule has 0 aliphatic heterocycles. The van der Waals surface area contributed by atoms with E-state index in [-0.39, 0.29) is 13.1 Å². The Labute approximate surface area is 77.5 Å². The summed E-state index contributed by atoms with van der Waals surface area (Å²) in [5, 5.41) is 8.45. The van der Waals surface area contributed by atoms with E-state index in [1.54, 1.807) is 6.92 Å². The maximum Gasteiger partial charge on any atom is 0.307 e. The number of carbonyl (C=O) groups is 1. The first-order chi connectivity index (χ1) is 5.89. The Morgan fingerprint density at radius 2 is 2.00 bits per heavy atom. The van der Waals surface area contributed by atoms with Gasteiger partial charge in [0.15, 0.2) is 0 Å². The van der Waals surface area contributed by atoms with Gasteiger partial charge in [-0.05, 0) is 0 Å². The zero-order valence-corrected chi connectivity index (χ0v) is 8.39. The third-order valence-electron chi connectivity index (χ3n) is 1.34. The predicted octanol–water partition coefficient (Wildman–Crippen LogP) is -0.849. The fourth-order valence-electron chi connectivity index (χ4n) is 0.563. The van der Waals surface area contributed by atoms with E-state index < -0.39 is 22.1 Å². The van der Waals surface area contributed by atoms with Crippen LogP contribution in [0, 0.1) is 5.92 Å². The molecule has 0 aromatic heterocycles. The van der Waals surface area contributed by atoms with Gasteiger partial charge in [-0.3, -0.25) is 4.79 Å². The summed E-state index contributed by atoms with van der Waals surface area (Å²) < 4.78 is 26.2. The van der Waals surface area contributed by atoms with Gasteiger partial charge in [-0.25, -0.2) is 9.44 Å². The molecule has 0 fully saturated rings. The van der Waals surface area contributed by atoms with Crippen LogP contribution in [0.15, 0.2) is 0 Å². The minimum Gasteiger partial charge on any atom is -0.481 e. The number of carboxylic acids is 1. The van der Waals surface area contributed by atoms with E-state index in [1.165, 1.54) is 6.92 Å². The van der Waals surface area contributed by atoms with Crippen molar-refractivity contribution in [2.45, 2.75) is 13.8 Å². The molecule has 0 bridgehead atoms. The number of nitrogens with one attached hydrogen (secondary N) is 2. The molecule has 0 amide bonds. The van der Waals surface area contributed by atoms with Crippen LogP contribution in [0.1, 0.15) is 13.8 Å². The smallest absolute Gasteiger partial charge is 0.307 e. The van der Waals surface area contributed by atoms with E-state index in [0.717, 1.165) is 0 Å². The minimum absolute atomic E-state index is 0.106. The Balaban J connectivity index is 3.95. The molecule has 0 aromatic carbocycles. The Bertz CT molecular complexity index is 262. The number of hydrogen-bond acceptors (Lipinski definition) is 3. The van der Waals surface area contributed by atoms with Gasteiger partial charge >= 0.3 is 5.97 Å². The molecule has 3 N–H and O–H groups in total. The molecule has 0 rings (SSSR count). The Morgan fingerprint density at radius 1 is 1.46 bits per heavy atom. The van der Waals surface area contributed by atoms with Crippen molar-refractivity contribution in [1.29, 1.82) is 0 Å². The second kappa shape index (κ2) is 5.15. The van der Waals surface area contributed by atoms with Crippen LogP contribution < -0.4 is 9.44 Å². The summed E-state index contributed by atoms with van der Waals surface area (Å²) in [6.07, 6.45) is 0. The highest BCUT2D eigenvalue weighted by atomic mass is 32.2. The fraction of sp³-hybridized carbons (Fsp3) is 0.833. The average molecular weight is 210 g/mol. The molecule has 0 spiro atoms. The molecule has 1 atom stereocenters. The highest BCUT2D eigenvalue weighted by Gasteiger charge is 2.14. The quantitative estimate of drug-likeness (QED) is 0.532. The first-order valence-corrected chi connectivity index (χ1v) is 5.34. The standard InChI is InChI=1S/C6H14N2O4S/c1-3-7-13(11,12)8-4-5(2)6(9)10/h5,7-8H,3-4H2,1-2H3,(H,9,10). The highest BCUT2D eigenvalue weighted by molar-refractivity contribution is 7.87. The van der Waals surface area contributed by atoms with Gasteiger partial charge in [0, 0.05) is 13.1 Å². The van der Waals surface area contributed by atoms with Crippen LogP contribution in [-0.2, 0) is 15.0 Å². The van der Waals surface area contributed by atoms with E-state index in [1.807, 2.05) is 0 Å². The molecule has 0 saturated carbocycles. The van der Waals surface area contributed by atoms with Gasteiger partial charge in [0.2, 0.25) is 0 Å². The maximum absolute atomic E-state index is 10.9. The second-order valence-electron chi connectivity index (χ2n) is 2.59. The molecule has 0 aliphatic rings. The summed E-state index contributed by atoms with van der Waals surface area (Å²) in [6, 6.07) is 0. The lowest BCUT2D eigenvalue weighted by molar-refractivity contribution is -0.140. The molecule has 0 heterocycles. The molecule has 13 heavy (non-hydrogen) atoms. The van der Waals surface area contributed by atoms with Crippen LogP contribution in [0.25, 0.3) is 0 Å². The normalized spacial score (nSPS) is 14.0. The Hall–Kier alpha value is -0.660. The zero-order valence-electron chi connectivity index (χ0n) is 7.57. The van der Waals surface area contributed by atoms with Gasteiger partial charge in [0.05, 0.1) is 5.92 Å². The Morgan fingerprint density at radius 3 is 2.38 bits per heavy atom. The summed E-state index contributed by atoms with van der Waals surface area (Å²) >= 11 is 0. The third kappa shape index (κ3) is 5.56. The summed E-state index contributed by atoms with van der Waals surface area (Å²) in [6.45, 7) is 3.23. The molecule has 0 aliphatic carbocycles. The van der Waals surface area contributed by atoms with Crippen molar-refractivity contribution in [3.8, 4) is 0 Å². The van der Waals surface area contributed by atoms with Gasteiger partial charge in [-0.1, -0.05) is 13.8 Å². The zero-order chi connectivity index (χ0) is 10.5. The van der Waals surface area contributed by atoms with Crippen molar-refractivity contribution in [3.63, 3.8) is 0 Å². The van der Waals surface area contributed by atoms with E-state index in [2.05, 4.69) is 9.44 Å². The van der Waals surface area contributed by atoms with Crippen molar-refractivity contribution < 1.29 is 18.3 Å². The summed E-state index contributed by atoms with van der Waals surface area (Å²) in [5.74, 6) is -1.76. The predicted molar refractivity (Wildman–Crippen MR) is 47.4 cm³/mol. The fourth-order valence-corrected chi connectivity index (χ4v) is 1.51. The van der Waals surface area contributed by atoms with E-state index in [4.69, 9.17) is 5.11 Å². The molecule has 78 valence electrons. The monoisotopic (exact) mass is 210 g/mol. The molecule has 0 radical (unpaired) electrons. The topological polar surface area (TPSA) is 95.5 Å². The first-order valence-electron chi connectivity index (χ1n) is 3.86. The van der Waals surface area contributed by atoms with Crippen LogP contribution in [0.4, 0.5) is 0 Å². The van der Waals surface area contributed by atoms with Crippen LogP contribution in [0.5, 0.6) is 0 Å². The lowest BCUT2D eigenvalue weighted by Gasteiger charge is -2.08. The molecule has 0 aromatic rings. The van der Waals surface area contributed by atoms with Crippen molar-refractivity contribution in [3.05, 3.63) is 0 Å². The molecule has 6 nitrogen and oxygen atoms in total. The van der Waals surface area contributed by atoms with Crippen LogP contribution in [0.3, 0.4) is 0 Å². The minimum atomic E-state index is -3.52. The second-order valence-corrected chi connectivity index (χ2v) is 4.17. The van der Waals surface area contributed by atoms with E-state index in [9.17, 15) is 13.2 Å². The largest absolute Gasteiger partial charge is 0.481 e. The van der Waals surface area contributed by atoms with E-state index in [0.29, 0.717) is 0 Å². The number of aliphatic carboxylic acids is 1. The molecular weight excluding hydrogens is 196 g/mol. The van der Waals surface area contributed by atoms with Gasteiger partial charge in [-0.15, -0.1) is 0 Å². The number of rotatable bonds is 6. The molecule has 1 unspecified atom stereocenters. The van der Waals surface area contributed by atoms with Gasteiger partial charge < -0.3 is 5.11 Å². The number of carboxylic acid groups (broad SMARTS) is 1. The lowest BCUT2D eigenvalue weighted by atomic mass is 10.2. The Kier molecular flexibility index (Phi) is 4.89. The van der Waals surface area contributed by atoms with Crippen LogP contribution in [0.2, 0.25) is 0 Å². The SMILES string of the molecule is CCNS(=O)(=O)NCC(C)C(=O)O. The van der Waals surface area contributed by atoms with Crippen LogP contribution >= 0.6 is 0 Å². The third-order valence-corrected chi connectivity index (χ3v) is 2.55. The maximum atomic E-state index is 10.9. The molecule has 7 heteroatoms. The van der Waals surface area contributed by atoms with Crippen molar-refractivity contribution in [2.75, 3.05) is 13.1 Å². The summed E-state index contributed by atoms with van der Waals surface area (Å²) in [4.78, 5) is 10.3. The van der Waals surface area contributed by atoms with Crippen molar-refractivity contribution >= 4 is 16.2 Å². The van der Waals surface area contributed by atoms with E-state index >= 15 is 0 Å². The molecule has 0 saturated heterocycles. The highest BCUT2D eigenvalue weighted by Crippen LogP contribution is 1.92. The van der Waals surface area contributed by atoms with Crippen molar-refractivity contribution in [2.24, 2.45) is 5.92 Å². The van der Waals surface area contributed by atoms with Crippen molar-refractivity contribution in [1.82, 2.24) is 9.44 Å². The van der Waals surface area contributed by atoms with Crippen LogP contribution in [-0.4, -0.2) is 32.6 Å². The van der Waals surface area contributed by atoms with Gasteiger partial charge in [0.1, 0.15) is 0 Å². The number of hydrogen-bond donors (Lipinski definition) is 3. The average Bonchev–Trinajstić information content (AvgIpc) is 2.00. The summed E-state index contributed by atoms with van der Waals surface area (Å²) in [5.41, 5.74) is 0. The first kappa shape index (κ1) is 12.3. The van der Waals surface area contributed by atoms with Gasteiger partial charge in [-0.2, -0.15) is 8.42 Å².